The van der Waals surface area contributed by atoms with Gasteiger partial charge in [-0.15, -0.1) is 0 Å². The summed E-state index contributed by atoms with van der Waals surface area (Å²) in [4.78, 5) is 23.4. The summed E-state index contributed by atoms with van der Waals surface area (Å²) in [6.07, 6.45) is 8.51. The zero-order valence-electron chi connectivity index (χ0n) is 20.9. The molecule has 4 aromatic heterocycles. The van der Waals surface area contributed by atoms with Gasteiger partial charge in [0.15, 0.2) is 11.5 Å². The molecule has 1 atom stereocenters. The fourth-order valence-corrected chi connectivity index (χ4v) is 4.54. The van der Waals surface area contributed by atoms with E-state index in [1.54, 1.807) is 24.1 Å². The van der Waals surface area contributed by atoms with Gasteiger partial charge >= 0.3 is 0 Å². The van der Waals surface area contributed by atoms with Crippen LogP contribution in [0.5, 0.6) is 0 Å². The number of aryl methyl sites for hydroxylation is 1. The van der Waals surface area contributed by atoms with Crippen molar-refractivity contribution in [3.8, 4) is 11.3 Å². The number of amides is 1. The number of nitrogens with one attached hydrogen (secondary N) is 2. The Kier molecular flexibility index (Phi) is 7.76. The SMILES string of the molecule is CCC(C)CN(CC)Cc1cc(Nc2nc(C)cn3c(-c4cnn(CC(=O)NC)c4)cnc23)sn1. The number of rotatable bonds is 11. The molecule has 4 aromatic rings. The summed E-state index contributed by atoms with van der Waals surface area (Å²) < 4.78 is 8.27. The first-order valence-corrected chi connectivity index (χ1v) is 12.7. The van der Waals surface area contributed by atoms with E-state index in [9.17, 15) is 4.79 Å². The fourth-order valence-electron chi connectivity index (χ4n) is 3.88. The molecule has 1 unspecified atom stereocenters. The molecule has 0 fully saturated rings. The number of imidazole rings is 1. The highest BCUT2D eigenvalue weighted by molar-refractivity contribution is 7.10. The molecule has 0 saturated carbocycles. The largest absolute Gasteiger partial charge is 0.358 e. The van der Waals surface area contributed by atoms with Crippen LogP contribution < -0.4 is 10.6 Å². The van der Waals surface area contributed by atoms with E-state index < -0.39 is 0 Å². The Morgan fingerprint density at radius 3 is 2.83 bits per heavy atom. The van der Waals surface area contributed by atoms with Crippen molar-refractivity contribution in [1.29, 1.82) is 0 Å². The van der Waals surface area contributed by atoms with E-state index in [0.717, 1.165) is 47.3 Å². The maximum Gasteiger partial charge on any atom is 0.241 e. The van der Waals surface area contributed by atoms with E-state index in [1.807, 2.05) is 23.7 Å². The van der Waals surface area contributed by atoms with Gasteiger partial charge in [-0.2, -0.15) is 9.47 Å². The molecule has 1 amide bonds. The molecule has 0 bridgehead atoms. The molecule has 11 heteroatoms. The van der Waals surface area contributed by atoms with Crippen LogP contribution in [0.15, 0.2) is 30.9 Å². The monoisotopic (exact) mass is 495 g/mol. The average molecular weight is 496 g/mol. The van der Waals surface area contributed by atoms with E-state index in [1.165, 1.54) is 18.0 Å². The van der Waals surface area contributed by atoms with Crippen molar-refractivity contribution in [3.63, 3.8) is 0 Å². The number of hydrogen-bond acceptors (Lipinski definition) is 8. The van der Waals surface area contributed by atoms with E-state index in [-0.39, 0.29) is 12.5 Å². The first-order chi connectivity index (χ1) is 16.9. The molecule has 0 spiro atoms. The standard InChI is InChI=1S/C24H33N9OS/c1-6-16(3)11-31(7-2)14-19-8-22(35-30-19)29-23-24-26-10-20(33(24)12-17(4)28-23)18-9-27-32(13-18)15-21(34)25-5/h8-10,12-13,16H,6-7,11,14-15H2,1-5H3,(H,25,34)(H,28,29). The molecule has 0 aliphatic carbocycles. The number of aromatic nitrogens is 6. The highest BCUT2D eigenvalue weighted by atomic mass is 32.1. The van der Waals surface area contributed by atoms with Gasteiger partial charge in [-0.05, 0) is 37.0 Å². The third-order valence-electron chi connectivity index (χ3n) is 6.03. The van der Waals surface area contributed by atoms with Gasteiger partial charge in [0.25, 0.3) is 0 Å². The number of anilines is 2. The highest BCUT2D eigenvalue weighted by Gasteiger charge is 2.16. The molecular formula is C24H33N9OS. The Morgan fingerprint density at radius 2 is 2.09 bits per heavy atom. The van der Waals surface area contributed by atoms with Crippen LogP contribution in [0.1, 0.15) is 38.6 Å². The van der Waals surface area contributed by atoms with Gasteiger partial charge in [0, 0.05) is 38.1 Å². The summed E-state index contributed by atoms with van der Waals surface area (Å²) in [5.74, 6) is 1.24. The van der Waals surface area contributed by atoms with Crippen LogP contribution in [0.3, 0.4) is 0 Å². The maximum atomic E-state index is 11.7. The topological polar surface area (TPSA) is 105 Å². The second kappa shape index (κ2) is 11.0. The van der Waals surface area contributed by atoms with Crippen LogP contribution in [0, 0.1) is 12.8 Å². The Morgan fingerprint density at radius 1 is 1.26 bits per heavy atom. The second-order valence-corrected chi connectivity index (χ2v) is 9.62. The van der Waals surface area contributed by atoms with Gasteiger partial charge in [-0.1, -0.05) is 27.2 Å². The van der Waals surface area contributed by atoms with Gasteiger partial charge in [-0.3, -0.25) is 18.8 Å². The minimum Gasteiger partial charge on any atom is -0.358 e. The zero-order valence-corrected chi connectivity index (χ0v) is 21.8. The van der Waals surface area contributed by atoms with Crippen LogP contribution >= 0.6 is 11.5 Å². The predicted molar refractivity (Wildman–Crippen MR) is 139 cm³/mol. The fraction of sp³-hybridized carbons (Fsp3) is 0.458. The predicted octanol–water partition coefficient (Wildman–Crippen LogP) is 3.72. The van der Waals surface area contributed by atoms with Crippen LogP contribution in [0.4, 0.5) is 10.8 Å². The molecule has 2 N–H and O–H groups in total. The summed E-state index contributed by atoms with van der Waals surface area (Å²) >= 11 is 1.43. The lowest BCUT2D eigenvalue weighted by molar-refractivity contribution is -0.121. The van der Waals surface area contributed by atoms with Gasteiger partial charge in [0.2, 0.25) is 5.91 Å². The molecule has 0 radical (unpaired) electrons. The van der Waals surface area contributed by atoms with Gasteiger partial charge in [0.1, 0.15) is 11.5 Å². The van der Waals surface area contributed by atoms with Crippen molar-refractivity contribution in [2.75, 3.05) is 25.5 Å². The Bertz CT molecular complexity index is 1290. The lowest BCUT2D eigenvalue weighted by Crippen LogP contribution is -2.27. The zero-order chi connectivity index (χ0) is 24.9. The minimum atomic E-state index is -0.102. The molecular weight excluding hydrogens is 462 g/mol. The summed E-state index contributed by atoms with van der Waals surface area (Å²) in [5, 5.41) is 11.3. The van der Waals surface area contributed by atoms with Crippen LogP contribution in [0.2, 0.25) is 0 Å². The maximum absolute atomic E-state index is 11.7. The summed E-state index contributed by atoms with van der Waals surface area (Å²) in [7, 11) is 1.61. The normalized spacial score (nSPS) is 12.4. The number of fused-ring (bicyclic) bond motifs is 1. The molecule has 0 aliphatic heterocycles. The molecule has 0 aromatic carbocycles. The van der Waals surface area contributed by atoms with Crippen molar-refractivity contribution >= 4 is 33.9 Å². The van der Waals surface area contributed by atoms with Crippen molar-refractivity contribution < 1.29 is 4.79 Å². The number of carbonyl (C=O) groups excluding carboxylic acids is 1. The highest BCUT2D eigenvalue weighted by Crippen LogP contribution is 2.28. The molecule has 35 heavy (non-hydrogen) atoms. The van der Waals surface area contributed by atoms with Crippen LogP contribution in [-0.2, 0) is 17.9 Å². The summed E-state index contributed by atoms with van der Waals surface area (Å²) in [6.45, 7) is 11.7. The molecule has 186 valence electrons. The Labute approximate surface area is 209 Å². The number of likely N-dealkylation sites (N-methyl/N-ethyl adjacent to an activating group) is 1. The first-order valence-electron chi connectivity index (χ1n) is 11.9. The molecule has 4 rings (SSSR count). The summed E-state index contributed by atoms with van der Waals surface area (Å²) in [5.41, 5.74) is 4.38. The minimum absolute atomic E-state index is 0.102. The number of nitrogens with zero attached hydrogens (tertiary/aromatic N) is 7. The molecule has 0 aliphatic rings. The van der Waals surface area contributed by atoms with Gasteiger partial charge in [-0.25, -0.2) is 9.97 Å². The second-order valence-electron chi connectivity index (χ2n) is 8.82. The lowest BCUT2D eigenvalue weighted by atomic mass is 10.1. The molecule has 10 nitrogen and oxygen atoms in total. The third kappa shape index (κ3) is 5.85. The lowest BCUT2D eigenvalue weighted by Gasteiger charge is -2.22. The summed E-state index contributed by atoms with van der Waals surface area (Å²) in [6, 6.07) is 2.09. The van der Waals surface area contributed by atoms with E-state index in [4.69, 9.17) is 4.98 Å². The van der Waals surface area contributed by atoms with E-state index in [2.05, 4.69) is 56.8 Å². The van der Waals surface area contributed by atoms with Crippen molar-refractivity contribution in [3.05, 3.63) is 42.2 Å². The van der Waals surface area contributed by atoms with E-state index in [0.29, 0.717) is 17.4 Å². The van der Waals surface area contributed by atoms with E-state index >= 15 is 0 Å². The quantitative estimate of drug-likeness (QED) is 0.327. The van der Waals surface area contributed by atoms with Gasteiger partial charge in [0.05, 0.1) is 29.5 Å². The molecule has 0 saturated heterocycles. The van der Waals surface area contributed by atoms with Crippen molar-refractivity contribution in [2.24, 2.45) is 5.92 Å². The van der Waals surface area contributed by atoms with Crippen molar-refractivity contribution in [2.45, 2.75) is 47.2 Å². The Balaban J connectivity index is 1.54. The van der Waals surface area contributed by atoms with Gasteiger partial charge < -0.3 is 10.6 Å². The average Bonchev–Trinajstić information content (AvgIpc) is 3.58. The first kappa shape index (κ1) is 24.8. The molecule has 4 heterocycles. The number of carbonyl (C=O) groups is 1. The Hall–Kier alpha value is -3.31. The van der Waals surface area contributed by atoms with Crippen LogP contribution in [0.25, 0.3) is 16.9 Å². The third-order valence-corrected chi connectivity index (χ3v) is 6.77. The van der Waals surface area contributed by atoms with Crippen molar-refractivity contribution in [1.82, 2.24) is 38.7 Å². The number of hydrogen-bond donors (Lipinski definition) is 2. The smallest absolute Gasteiger partial charge is 0.241 e. The van der Waals surface area contributed by atoms with Crippen LogP contribution in [-0.4, -0.2) is 59.5 Å².